The summed E-state index contributed by atoms with van der Waals surface area (Å²) in [5.41, 5.74) is 2.75. The summed E-state index contributed by atoms with van der Waals surface area (Å²) in [5, 5.41) is 12.7. The third-order valence-electron chi connectivity index (χ3n) is 3.57. The number of amides is 1. The quantitative estimate of drug-likeness (QED) is 0.773. The molecule has 3 aromatic rings. The van der Waals surface area contributed by atoms with Crippen LogP contribution >= 0.6 is 11.3 Å². The summed E-state index contributed by atoms with van der Waals surface area (Å²) in [6.07, 6.45) is 0.940. The SMILES string of the molecule is CCc1ccc2oc(C(=O)Nc3nnc(COC)s3)c(C)c2c1. The number of hydrogen-bond donors (Lipinski definition) is 1. The second-order valence-electron chi connectivity index (χ2n) is 5.13. The molecule has 0 aliphatic rings. The summed E-state index contributed by atoms with van der Waals surface area (Å²) in [6, 6.07) is 5.97. The van der Waals surface area contributed by atoms with Crippen molar-refractivity contribution < 1.29 is 13.9 Å². The molecular weight excluding hydrogens is 314 g/mol. The van der Waals surface area contributed by atoms with Crippen LogP contribution in [0.15, 0.2) is 22.6 Å². The van der Waals surface area contributed by atoms with Gasteiger partial charge in [0.1, 0.15) is 17.2 Å². The Labute approximate surface area is 137 Å². The molecule has 0 fully saturated rings. The number of carbonyl (C=O) groups excluding carboxylic acids is 1. The molecule has 0 radical (unpaired) electrons. The fourth-order valence-electron chi connectivity index (χ4n) is 2.34. The van der Waals surface area contributed by atoms with E-state index in [1.54, 1.807) is 7.11 Å². The average molecular weight is 331 g/mol. The standard InChI is InChI=1S/C16H17N3O3S/c1-4-10-5-6-12-11(7-10)9(2)14(22-12)15(20)17-16-19-18-13(23-16)8-21-3/h5-7H,4,8H2,1-3H3,(H,17,19,20). The topological polar surface area (TPSA) is 77.3 Å². The Balaban J connectivity index is 1.86. The van der Waals surface area contributed by atoms with E-state index in [1.807, 2.05) is 19.1 Å². The number of aryl methyl sites for hydroxylation is 2. The number of methoxy groups -OCH3 is 1. The van der Waals surface area contributed by atoms with Crippen LogP contribution in [-0.2, 0) is 17.8 Å². The molecule has 0 saturated carbocycles. The smallest absolute Gasteiger partial charge is 0.293 e. The van der Waals surface area contributed by atoms with E-state index in [0.717, 1.165) is 17.4 Å². The Bertz CT molecular complexity index is 853. The number of ether oxygens (including phenoxy) is 1. The van der Waals surface area contributed by atoms with E-state index in [0.29, 0.717) is 28.1 Å². The molecule has 1 amide bonds. The lowest BCUT2D eigenvalue weighted by atomic mass is 10.1. The van der Waals surface area contributed by atoms with Crippen molar-refractivity contribution in [3.05, 3.63) is 40.1 Å². The highest BCUT2D eigenvalue weighted by Gasteiger charge is 2.19. The minimum absolute atomic E-state index is 0.303. The monoisotopic (exact) mass is 331 g/mol. The van der Waals surface area contributed by atoms with Gasteiger partial charge in [-0.3, -0.25) is 10.1 Å². The molecule has 7 heteroatoms. The van der Waals surface area contributed by atoms with Crippen molar-refractivity contribution in [2.24, 2.45) is 0 Å². The molecule has 0 spiro atoms. The summed E-state index contributed by atoms with van der Waals surface area (Å²) < 4.78 is 10.7. The zero-order chi connectivity index (χ0) is 16.4. The van der Waals surface area contributed by atoms with E-state index < -0.39 is 0 Å². The summed E-state index contributed by atoms with van der Waals surface area (Å²) in [5.74, 6) is -0.0198. The first-order valence-corrected chi connectivity index (χ1v) is 8.08. The maximum absolute atomic E-state index is 12.4. The molecule has 23 heavy (non-hydrogen) atoms. The second-order valence-corrected chi connectivity index (χ2v) is 6.19. The molecule has 0 aliphatic heterocycles. The van der Waals surface area contributed by atoms with Crippen molar-refractivity contribution in [1.82, 2.24) is 10.2 Å². The second kappa shape index (κ2) is 6.47. The van der Waals surface area contributed by atoms with Gasteiger partial charge in [0.15, 0.2) is 5.76 Å². The maximum Gasteiger partial charge on any atom is 0.293 e. The molecule has 0 unspecified atom stereocenters. The molecule has 1 aromatic carbocycles. The molecule has 1 N–H and O–H groups in total. The van der Waals surface area contributed by atoms with Gasteiger partial charge >= 0.3 is 0 Å². The molecule has 2 heterocycles. The van der Waals surface area contributed by atoms with Crippen molar-refractivity contribution in [3.8, 4) is 0 Å². The highest BCUT2D eigenvalue weighted by molar-refractivity contribution is 7.15. The Kier molecular flexibility index (Phi) is 4.40. The number of benzene rings is 1. The van der Waals surface area contributed by atoms with Gasteiger partial charge in [-0.1, -0.05) is 24.3 Å². The fraction of sp³-hybridized carbons (Fsp3) is 0.312. The number of aromatic nitrogens is 2. The highest BCUT2D eigenvalue weighted by atomic mass is 32.1. The van der Waals surface area contributed by atoms with Crippen LogP contribution in [-0.4, -0.2) is 23.2 Å². The van der Waals surface area contributed by atoms with Gasteiger partial charge in [0, 0.05) is 18.1 Å². The zero-order valence-corrected chi connectivity index (χ0v) is 14.0. The number of rotatable bonds is 5. The lowest BCUT2D eigenvalue weighted by molar-refractivity contribution is 0.0998. The van der Waals surface area contributed by atoms with Crippen LogP contribution in [0.1, 0.15) is 33.6 Å². The molecule has 0 aliphatic carbocycles. The number of nitrogens with one attached hydrogen (secondary N) is 1. The van der Waals surface area contributed by atoms with E-state index >= 15 is 0 Å². The van der Waals surface area contributed by atoms with Crippen LogP contribution in [0.25, 0.3) is 11.0 Å². The van der Waals surface area contributed by atoms with Crippen LogP contribution in [0, 0.1) is 6.92 Å². The van der Waals surface area contributed by atoms with Crippen LogP contribution in [0.2, 0.25) is 0 Å². The summed E-state index contributed by atoms with van der Waals surface area (Å²) in [7, 11) is 1.59. The van der Waals surface area contributed by atoms with Gasteiger partial charge < -0.3 is 9.15 Å². The Morgan fingerprint density at radius 2 is 2.22 bits per heavy atom. The van der Waals surface area contributed by atoms with Gasteiger partial charge in [-0.15, -0.1) is 10.2 Å². The molecule has 120 valence electrons. The molecule has 0 saturated heterocycles. The first kappa shape index (κ1) is 15.6. The highest BCUT2D eigenvalue weighted by Crippen LogP contribution is 2.27. The van der Waals surface area contributed by atoms with Crippen molar-refractivity contribution in [2.75, 3.05) is 12.4 Å². The average Bonchev–Trinajstić information content (AvgIpc) is 3.12. The minimum atomic E-state index is -0.322. The van der Waals surface area contributed by atoms with E-state index in [4.69, 9.17) is 9.15 Å². The molecule has 3 rings (SSSR count). The van der Waals surface area contributed by atoms with Crippen LogP contribution in [0.5, 0.6) is 0 Å². The Morgan fingerprint density at radius 3 is 2.96 bits per heavy atom. The molecule has 2 aromatic heterocycles. The third kappa shape index (κ3) is 3.11. The Hall–Kier alpha value is -2.25. The normalized spacial score (nSPS) is 11.1. The van der Waals surface area contributed by atoms with Crippen molar-refractivity contribution in [1.29, 1.82) is 0 Å². The van der Waals surface area contributed by atoms with Gasteiger partial charge in [-0.25, -0.2) is 0 Å². The number of anilines is 1. The van der Waals surface area contributed by atoms with E-state index in [-0.39, 0.29) is 5.91 Å². The summed E-state index contributed by atoms with van der Waals surface area (Å²) in [4.78, 5) is 12.4. The van der Waals surface area contributed by atoms with Gasteiger partial charge in [-0.05, 0) is 31.0 Å². The van der Waals surface area contributed by atoms with Gasteiger partial charge in [0.25, 0.3) is 5.91 Å². The molecule has 6 nitrogen and oxygen atoms in total. The zero-order valence-electron chi connectivity index (χ0n) is 13.2. The largest absolute Gasteiger partial charge is 0.451 e. The van der Waals surface area contributed by atoms with Crippen LogP contribution in [0.3, 0.4) is 0 Å². The van der Waals surface area contributed by atoms with Crippen LogP contribution < -0.4 is 5.32 Å². The van der Waals surface area contributed by atoms with E-state index in [2.05, 4.69) is 28.5 Å². The predicted octanol–water partition coefficient (Wildman–Crippen LogP) is 3.55. The third-order valence-corrected chi connectivity index (χ3v) is 4.38. The predicted molar refractivity (Wildman–Crippen MR) is 88.9 cm³/mol. The first-order valence-electron chi connectivity index (χ1n) is 7.27. The minimum Gasteiger partial charge on any atom is -0.451 e. The van der Waals surface area contributed by atoms with Gasteiger partial charge in [-0.2, -0.15) is 0 Å². The van der Waals surface area contributed by atoms with Gasteiger partial charge in [0.05, 0.1) is 0 Å². The lowest BCUT2D eigenvalue weighted by Crippen LogP contribution is -2.11. The first-order chi connectivity index (χ1) is 11.1. The summed E-state index contributed by atoms with van der Waals surface area (Å²) in [6.45, 7) is 4.35. The van der Waals surface area contributed by atoms with Crippen molar-refractivity contribution >= 4 is 33.3 Å². The van der Waals surface area contributed by atoms with Crippen molar-refractivity contribution in [3.63, 3.8) is 0 Å². The molecule has 0 bridgehead atoms. The fourth-order valence-corrected chi connectivity index (χ4v) is 3.05. The lowest BCUT2D eigenvalue weighted by Gasteiger charge is -1.98. The number of furan rings is 1. The number of hydrogen-bond acceptors (Lipinski definition) is 6. The maximum atomic E-state index is 12.4. The summed E-state index contributed by atoms with van der Waals surface area (Å²) >= 11 is 1.28. The van der Waals surface area contributed by atoms with Crippen LogP contribution in [0.4, 0.5) is 5.13 Å². The molecular formula is C16H17N3O3S. The Morgan fingerprint density at radius 1 is 1.39 bits per heavy atom. The number of nitrogens with zero attached hydrogens (tertiary/aromatic N) is 2. The number of fused-ring (bicyclic) bond motifs is 1. The van der Waals surface area contributed by atoms with E-state index in [9.17, 15) is 4.79 Å². The van der Waals surface area contributed by atoms with E-state index in [1.165, 1.54) is 16.9 Å². The number of carbonyl (C=O) groups is 1. The van der Waals surface area contributed by atoms with Gasteiger partial charge in [0.2, 0.25) is 5.13 Å². The molecule has 0 atom stereocenters. The van der Waals surface area contributed by atoms with Crippen molar-refractivity contribution in [2.45, 2.75) is 26.9 Å².